The van der Waals surface area contributed by atoms with Crippen LogP contribution in [0.25, 0.3) is 0 Å². The topological polar surface area (TPSA) is 23.5 Å². The molecule has 0 amide bonds. The zero-order chi connectivity index (χ0) is 8.48. The fourth-order valence-electron chi connectivity index (χ4n) is 1.03. The van der Waals surface area contributed by atoms with Gasteiger partial charge in [0.2, 0.25) is 0 Å². The van der Waals surface area contributed by atoms with Crippen molar-refractivity contribution in [1.82, 2.24) is 5.06 Å². The molecule has 0 radical (unpaired) electrons. The fourth-order valence-corrected chi connectivity index (χ4v) is 1.03. The lowest BCUT2D eigenvalue weighted by Crippen LogP contribution is -2.43. The van der Waals surface area contributed by atoms with Gasteiger partial charge in [0.25, 0.3) is 0 Å². The van der Waals surface area contributed by atoms with Crippen molar-refractivity contribution >= 4 is 0 Å². The molecule has 0 heterocycles. The maximum Gasteiger partial charge on any atom is 0.0723 e. The second-order valence-corrected chi connectivity index (χ2v) is 3.78. The van der Waals surface area contributed by atoms with E-state index in [1.54, 1.807) is 0 Å². The Bertz CT molecular complexity index is 176. The number of hydrogen-bond acceptors (Lipinski definition) is 2. The normalized spacial score (nSPS) is 18.6. The molecule has 62 valence electrons. The van der Waals surface area contributed by atoms with E-state index in [0.29, 0.717) is 0 Å². The molecule has 0 saturated carbocycles. The van der Waals surface area contributed by atoms with Gasteiger partial charge in [0.1, 0.15) is 0 Å². The summed E-state index contributed by atoms with van der Waals surface area (Å²) in [5.41, 5.74) is -0.191. The summed E-state index contributed by atoms with van der Waals surface area (Å²) in [5, 5.41) is 11.0. The quantitative estimate of drug-likeness (QED) is 0.582. The van der Waals surface area contributed by atoms with Crippen LogP contribution in [-0.2, 0) is 0 Å². The molecule has 0 atom stereocenters. The maximum absolute atomic E-state index is 9.62. The van der Waals surface area contributed by atoms with Crippen molar-refractivity contribution in [2.24, 2.45) is 0 Å². The Morgan fingerprint density at radius 1 is 1.18 bits per heavy atom. The highest BCUT2D eigenvalue weighted by Gasteiger charge is 2.24. The Hall–Kier alpha value is -0.600. The van der Waals surface area contributed by atoms with Crippen LogP contribution in [0.1, 0.15) is 20.8 Å². The van der Waals surface area contributed by atoms with Crippen LogP contribution in [-0.4, -0.2) is 21.9 Å². The average Bonchev–Trinajstić information content (AvgIpc) is 2.34. The molecule has 1 rings (SSSR count). The SMILES string of the molecule is CC(C)(C)N(O)C1C=CC=C1. The largest absolute Gasteiger partial charge is 0.313 e. The summed E-state index contributed by atoms with van der Waals surface area (Å²) in [6.07, 6.45) is 7.82. The molecule has 2 nitrogen and oxygen atoms in total. The van der Waals surface area contributed by atoms with Gasteiger partial charge in [-0.25, -0.2) is 0 Å². The second-order valence-electron chi connectivity index (χ2n) is 3.78. The van der Waals surface area contributed by atoms with Gasteiger partial charge in [-0.2, -0.15) is 5.06 Å². The summed E-state index contributed by atoms with van der Waals surface area (Å²) in [6, 6.07) is 0.0509. The van der Waals surface area contributed by atoms with Gasteiger partial charge in [-0.1, -0.05) is 24.3 Å². The molecule has 0 aliphatic heterocycles. The first-order chi connectivity index (χ1) is 5.02. The number of nitrogens with zero attached hydrogens (tertiary/aromatic N) is 1. The highest BCUT2D eigenvalue weighted by Crippen LogP contribution is 2.17. The van der Waals surface area contributed by atoms with Gasteiger partial charge in [-0.15, -0.1) is 0 Å². The van der Waals surface area contributed by atoms with Crippen molar-refractivity contribution in [3.63, 3.8) is 0 Å². The minimum absolute atomic E-state index is 0.0509. The van der Waals surface area contributed by atoms with Gasteiger partial charge < -0.3 is 5.21 Å². The summed E-state index contributed by atoms with van der Waals surface area (Å²) in [6.45, 7) is 5.94. The maximum atomic E-state index is 9.62. The minimum Gasteiger partial charge on any atom is -0.313 e. The Labute approximate surface area is 67.8 Å². The van der Waals surface area contributed by atoms with Gasteiger partial charge in [0.05, 0.1) is 6.04 Å². The highest BCUT2D eigenvalue weighted by molar-refractivity contribution is 5.21. The molecule has 0 aromatic rings. The molecule has 0 unspecified atom stereocenters. The lowest BCUT2D eigenvalue weighted by molar-refractivity contribution is -0.164. The zero-order valence-electron chi connectivity index (χ0n) is 7.28. The second kappa shape index (κ2) is 2.80. The third-order valence-corrected chi connectivity index (χ3v) is 1.70. The van der Waals surface area contributed by atoms with Crippen LogP contribution in [0.3, 0.4) is 0 Å². The Morgan fingerprint density at radius 2 is 1.64 bits per heavy atom. The molecule has 0 aromatic heterocycles. The van der Waals surface area contributed by atoms with E-state index in [9.17, 15) is 5.21 Å². The molecular weight excluding hydrogens is 138 g/mol. The first-order valence-corrected chi connectivity index (χ1v) is 3.85. The van der Waals surface area contributed by atoms with Crippen LogP contribution in [0, 0.1) is 0 Å². The third-order valence-electron chi connectivity index (χ3n) is 1.70. The number of hydrogen-bond donors (Lipinski definition) is 1. The molecule has 2 heteroatoms. The Morgan fingerprint density at radius 3 is 2.00 bits per heavy atom. The predicted molar refractivity (Wildman–Crippen MR) is 45.4 cm³/mol. The van der Waals surface area contributed by atoms with Crippen LogP contribution in [0.5, 0.6) is 0 Å². The van der Waals surface area contributed by atoms with Crippen molar-refractivity contribution < 1.29 is 5.21 Å². The number of rotatable bonds is 1. The summed E-state index contributed by atoms with van der Waals surface area (Å²) < 4.78 is 0. The summed E-state index contributed by atoms with van der Waals surface area (Å²) in [5.74, 6) is 0. The van der Waals surface area contributed by atoms with Gasteiger partial charge >= 0.3 is 0 Å². The lowest BCUT2D eigenvalue weighted by Gasteiger charge is -2.32. The van der Waals surface area contributed by atoms with E-state index in [1.807, 2.05) is 45.1 Å². The van der Waals surface area contributed by atoms with Crippen molar-refractivity contribution in [1.29, 1.82) is 0 Å². The van der Waals surface area contributed by atoms with Crippen molar-refractivity contribution in [3.05, 3.63) is 24.3 Å². The third kappa shape index (κ3) is 1.91. The van der Waals surface area contributed by atoms with E-state index in [-0.39, 0.29) is 11.6 Å². The summed E-state index contributed by atoms with van der Waals surface area (Å²) in [7, 11) is 0. The predicted octanol–water partition coefficient (Wildman–Crippen LogP) is 1.97. The van der Waals surface area contributed by atoms with Gasteiger partial charge in [0, 0.05) is 5.54 Å². The molecule has 0 bridgehead atoms. The molecule has 1 aliphatic rings. The molecule has 11 heavy (non-hydrogen) atoms. The van der Waals surface area contributed by atoms with Crippen molar-refractivity contribution in [2.75, 3.05) is 0 Å². The molecule has 0 fully saturated rings. The molecule has 1 aliphatic carbocycles. The molecule has 1 N–H and O–H groups in total. The summed E-state index contributed by atoms with van der Waals surface area (Å²) in [4.78, 5) is 0. The van der Waals surface area contributed by atoms with Crippen LogP contribution in [0.15, 0.2) is 24.3 Å². The first kappa shape index (κ1) is 8.50. The van der Waals surface area contributed by atoms with E-state index in [2.05, 4.69) is 0 Å². The molecule has 0 saturated heterocycles. The first-order valence-electron chi connectivity index (χ1n) is 3.85. The van der Waals surface area contributed by atoms with E-state index < -0.39 is 0 Å². The van der Waals surface area contributed by atoms with Gasteiger partial charge in [0.15, 0.2) is 0 Å². The molecular formula is C9H15NO. The van der Waals surface area contributed by atoms with E-state index in [0.717, 1.165) is 0 Å². The van der Waals surface area contributed by atoms with Crippen LogP contribution in [0.4, 0.5) is 0 Å². The van der Waals surface area contributed by atoms with Crippen molar-refractivity contribution in [3.8, 4) is 0 Å². The van der Waals surface area contributed by atoms with Gasteiger partial charge in [-0.05, 0) is 20.8 Å². The Balaban J connectivity index is 2.61. The molecule has 0 aromatic carbocycles. The van der Waals surface area contributed by atoms with E-state index in [4.69, 9.17) is 0 Å². The lowest BCUT2D eigenvalue weighted by atomic mass is 10.1. The van der Waals surface area contributed by atoms with E-state index >= 15 is 0 Å². The summed E-state index contributed by atoms with van der Waals surface area (Å²) >= 11 is 0. The average molecular weight is 153 g/mol. The standard InChI is InChI=1S/C9H15NO/c1-9(2,3)10(11)8-6-4-5-7-8/h4-8,11H,1-3H3. The zero-order valence-corrected chi connectivity index (χ0v) is 7.28. The van der Waals surface area contributed by atoms with E-state index in [1.165, 1.54) is 5.06 Å². The Kier molecular flexibility index (Phi) is 2.16. The molecule has 0 spiro atoms. The van der Waals surface area contributed by atoms with Crippen molar-refractivity contribution in [2.45, 2.75) is 32.4 Å². The smallest absolute Gasteiger partial charge is 0.0723 e. The number of hydroxylamine groups is 2. The highest BCUT2D eigenvalue weighted by atomic mass is 16.5. The monoisotopic (exact) mass is 153 g/mol. The van der Waals surface area contributed by atoms with Gasteiger partial charge in [-0.3, -0.25) is 0 Å². The van der Waals surface area contributed by atoms with Crippen LogP contribution < -0.4 is 0 Å². The van der Waals surface area contributed by atoms with Crippen LogP contribution in [0.2, 0.25) is 0 Å². The van der Waals surface area contributed by atoms with Crippen LogP contribution >= 0.6 is 0 Å². The fraction of sp³-hybridized carbons (Fsp3) is 0.556. The number of allylic oxidation sites excluding steroid dienone is 2. The minimum atomic E-state index is -0.191.